The van der Waals surface area contributed by atoms with Crippen molar-refractivity contribution in [1.82, 2.24) is 0 Å². The SMILES string of the molecule is [La+3].[Nd+3].[O-2].[O-2]. The standard InChI is InChI=1S/La.Nd.2O/q2*+3;2*-2. The topological polar surface area (TPSA) is 57.0 Å². The van der Waals surface area contributed by atoms with Crippen LogP contribution in [-0.2, 0) is 11.0 Å². The van der Waals surface area contributed by atoms with E-state index < -0.39 is 0 Å². The van der Waals surface area contributed by atoms with Crippen LogP contribution in [0.25, 0.3) is 0 Å². The largest absolute Gasteiger partial charge is 3.00 e. The van der Waals surface area contributed by atoms with Crippen LogP contribution in [0.15, 0.2) is 0 Å². The fourth-order valence-electron chi connectivity index (χ4n) is 0. The Kier molecular flexibility index (Phi) is 142. The van der Waals surface area contributed by atoms with Crippen LogP contribution < -0.4 is 0 Å². The molecule has 0 saturated carbocycles. The molecule has 0 aliphatic heterocycles. The molecule has 1 radical (unpaired) electrons. The van der Waals surface area contributed by atoms with Gasteiger partial charge in [0, 0.05) is 0 Å². The zero-order valence-electron chi connectivity index (χ0n) is 1.89. The van der Waals surface area contributed by atoms with E-state index >= 15 is 0 Å². The molecule has 0 saturated heterocycles. The Bertz CT molecular complexity index is 6.00. The summed E-state index contributed by atoms with van der Waals surface area (Å²) in [6.07, 6.45) is 0. The van der Waals surface area contributed by atoms with Crippen molar-refractivity contribution >= 4 is 0 Å². The number of hydrogen-bond donors (Lipinski definition) is 0. The second-order valence-electron chi connectivity index (χ2n) is 0. The van der Waals surface area contributed by atoms with Gasteiger partial charge < -0.3 is 11.0 Å². The second kappa shape index (κ2) is 17.9. The minimum atomic E-state index is 0. The summed E-state index contributed by atoms with van der Waals surface area (Å²) < 4.78 is 0. The summed E-state index contributed by atoms with van der Waals surface area (Å²) in [6, 6.07) is 0. The van der Waals surface area contributed by atoms with Crippen LogP contribution >= 0.6 is 0 Å². The predicted molar refractivity (Wildman–Crippen MR) is 1.37 cm³/mol. The molecule has 0 aliphatic carbocycles. The summed E-state index contributed by atoms with van der Waals surface area (Å²) in [5.74, 6) is 0. The van der Waals surface area contributed by atoms with E-state index in [4.69, 9.17) is 0 Å². The Morgan fingerprint density at radius 3 is 0.750 bits per heavy atom. The van der Waals surface area contributed by atoms with E-state index in [0.29, 0.717) is 0 Å². The van der Waals surface area contributed by atoms with Crippen LogP contribution in [0.2, 0.25) is 0 Å². The molecule has 0 unspecified atom stereocenters. The number of rotatable bonds is 0. The van der Waals surface area contributed by atoms with Gasteiger partial charge in [-0.25, -0.2) is 0 Å². The third kappa shape index (κ3) is 8.82. The van der Waals surface area contributed by atoms with E-state index in [-0.39, 0.29) is 87.4 Å². The summed E-state index contributed by atoms with van der Waals surface area (Å²) in [6.45, 7) is 0. The van der Waals surface area contributed by atoms with Crippen molar-refractivity contribution in [2.45, 2.75) is 0 Å². The Morgan fingerprint density at radius 1 is 0.750 bits per heavy atom. The summed E-state index contributed by atoms with van der Waals surface area (Å²) in [5.41, 5.74) is 0. The molecular formula is LaNdO2+2. The molecule has 0 N–H and O–H groups in total. The molecule has 0 aromatic carbocycles. The van der Waals surface area contributed by atoms with Gasteiger partial charge in [0.15, 0.2) is 0 Å². The molecule has 2 nitrogen and oxygen atoms in total. The smallest absolute Gasteiger partial charge is 2.00 e. The van der Waals surface area contributed by atoms with E-state index in [1.807, 2.05) is 0 Å². The third-order valence-electron chi connectivity index (χ3n) is 0. The maximum Gasteiger partial charge on any atom is 3.00 e. The van der Waals surface area contributed by atoms with Crippen LogP contribution in [0.5, 0.6) is 0 Å². The summed E-state index contributed by atoms with van der Waals surface area (Å²) >= 11 is 0. The molecule has 4 heavy (non-hydrogen) atoms. The molecule has 0 aromatic heterocycles. The first-order valence-electron chi connectivity index (χ1n) is 0. The summed E-state index contributed by atoms with van der Waals surface area (Å²) in [5, 5.41) is 0. The molecule has 0 heterocycles. The molecule has 0 spiro atoms. The van der Waals surface area contributed by atoms with Crippen molar-refractivity contribution in [1.29, 1.82) is 0 Å². The number of hydrogen-bond acceptors (Lipinski definition) is 0. The van der Waals surface area contributed by atoms with Gasteiger partial charge in [0.2, 0.25) is 0 Å². The van der Waals surface area contributed by atoms with Crippen molar-refractivity contribution in [3.63, 3.8) is 0 Å². The van der Waals surface area contributed by atoms with E-state index in [1.54, 1.807) is 0 Å². The van der Waals surface area contributed by atoms with Gasteiger partial charge in [0.05, 0.1) is 0 Å². The van der Waals surface area contributed by atoms with E-state index in [1.165, 1.54) is 0 Å². The monoisotopic (exact) mass is 313 g/mol. The molecule has 0 atom stereocenters. The maximum absolute atomic E-state index is 0. The quantitative estimate of drug-likeness (QED) is 0.593. The van der Waals surface area contributed by atoms with Gasteiger partial charge in [-0.3, -0.25) is 0 Å². The summed E-state index contributed by atoms with van der Waals surface area (Å²) in [7, 11) is 0. The average molecular weight is 315 g/mol. The maximum atomic E-state index is 0. The van der Waals surface area contributed by atoms with Crippen LogP contribution in [0.3, 0.4) is 0 Å². The zero-order chi connectivity index (χ0) is 0. The molecule has 0 aromatic rings. The zero-order valence-corrected chi connectivity index (χ0v) is 8.73. The molecule has 0 aliphatic rings. The Hall–Kier alpha value is 2.47. The molecule has 0 fully saturated rings. The van der Waals surface area contributed by atoms with Gasteiger partial charge in [0.25, 0.3) is 0 Å². The molecular weight excluding hydrogens is 315 g/mol. The van der Waals surface area contributed by atoms with Crippen molar-refractivity contribution in [2.24, 2.45) is 0 Å². The third-order valence-corrected chi connectivity index (χ3v) is 0. The normalized spacial score (nSPS) is 0. The van der Waals surface area contributed by atoms with Crippen molar-refractivity contribution in [2.75, 3.05) is 0 Å². The Balaban J connectivity index is 0. The van der Waals surface area contributed by atoms with E-state index in [0.717, 1.165) is 0 Å². The van der Waals surface area contributed by atoms with Crippen LogP contribution in [-0.4, -0.2) is 0 Å². The van der Waals surface area contributed by atoms with Crippen molar-refractivity contribution < 1.29 is 87.4 Å². The van der Waals surface area contributed by atoms with Gasteiger partial charge >= 0.3 is 76.4 Å². The predicted octanol–water partition coefficient (Wildman–Crippen LogP) is -0.238. The van der Waals surface area contributed by atoms with Crippen molar-refractivity contribution in [3.8, 4) is 0 Å². The Morgan fingerprint density at radius 2 is 0.750 bits per heavy atom. The first kappa shape index (κ1) is 31.8. The van der Waals surface area contributed by atoms with Gasteiger partial charge in [-0.05, 0) is 0 Å². The van der Waals surface area contributed by atoms with Gasteiger partial charge in [-0.1, -0.05) is 0 Å². The minimum Gasteiger partial charge on any atom is -2.00 e. The van der Waals surface area contributed by atoms with Gasteiger partial charge in [-0.2, -0.15) is 0 Å². The molecule has 0 bridgehead atoms. The average Bonchev–Trinajstić information content (AvgIpc) is 0. The molecule has 4 heteroatoms. The van der Waals surface area contributed by atoms with Crippen LogP contribution in [0.4, 0.5) is 0 Å². The van der Waals surface area contributed by atoms with Gasteiger partial charge in [-0.15, -0.1) is 0 Å². The van der Waals surface area contributed by atoms with Crippen molar-refractivity contribution in [3.05, 3.63) is 0 Å². The van der Waals surface area contributed by atoms with E-state index in [2.05, 4.69) is 0 Å². The first-order chi connectivity index (χ1) is 0. The van der Waals surface area contributed by atoms with Gasteiger partial charge in [0.1, 0.15) is 0 Å². The molecule has 0 amide bonds. The molecule has 0 rings (SSSR count). The van der Waals surface area contributed by atoms with E-state index in [9.17, 15) is 0 Å². The first-order valence-corrected chi connectivity index (χ1v) is 0. The fourth-order valence-corrected chi connectivity index (χ4v) is 0. The van der Waals surface area contributed by atoms with Crippen LogP contribution in [0, 0.1) is 76.4 Å². The molecule has 17 valence electrons. The minimum absolute atomic E-state index is 0. The Labute approximate surface area is 85.5 Å². The second-order valence-corrected chi connectivity index (χ2v) is 0. The summed E-state index contributed by atoms with van der Waals surface area (Å²) in [4.78, 5) is 0. The fraction of sp³-hybridized carbons (Fsp3) is 0. The van der Waals surface area contributed by atoms with Crippen LogP contribution in [0.1, 0.15) is 0 Å².